The number of aryl methyl sites for hydroxylation is 2. The Bertz CT molecular complexity index is 405. The van der Waals surface area contributed by atoms with E-state index in [4.69, 9.17) is 0 Å². The summed E-state index contributed by atoms with van der Waals surface area (Å²) in [7, 11) is 1.98. The second-order valence-corrected chi connectivity index (χ2v) is 5.63. The Labute approximate surface area is 109 Å². The van der Waals surface area contributed by atoms with Gasteiger partial charge < -0.3 is 10.4 Å². The predicted molar refractivity (Wildman–Crippen MR) is 72.4 cm³/mol. The highest BCUT2D eigenvalue weighted by Crippen LogP contribution is 2.28. The van der Waals surface area contributed by atoms with E-state index < -0.39 is 0 Å². The minimum absolute atomic E-state index is 0.0625. The fourth-order valence-electron chi connectivity index (χ4n) is 2.97. The third-order valence-corrected chi connectivity index (χ3v) is 4.41. The van der Waals surface area contributed by atoms with Crippen molar-refractivity contribution in [1.29, 1.82) is 0 Å². The maximum absolute atomic E-state index is 9.68. The van der Waals surface area contributed by atoms with Gasteiger partial charge in [-0.3, -0.25) is 4.68 Å². The Kier molecular flexibility index (Phi) is 4.07. The molecule has 2 N–H and O–H groups in total. The predicted octanol–water partition coefficient (Wildman–Crippen LogP) is 1.82. The van der Waals surface area contributed by atoms with Gasteiger partial charge in [-0.25, -0.2) is 0 Å². The van der Waals surface area contributed by atoms with Crippen molar-refractivity contribution in [2.45, 2.75) is 58.0 Å². The number of nitrogens with zero attached hydrogens (tertiary/aromatic N) is 2. The van der Waals surface area contributed by atoms with Gasteiger partial charge in [-0.15, -0.1) is 0 Å². The zero-order chi connectivity index (χ0) is 13.2. The molecule has 18 heavy (non-hydrogen) atoms. The highest BCUT2D eigenvalue weighted by atomic mass is 16.3. The topological polar surface area (TPSA) is 50.1 Å². The van der Waals surface area contributed by atoms with Crippen molar-refractivity contribution in [3.8, 4) is 0 Å². The maximum atomic E-state index is 9.68. The molecule has 4 nitrogen and oxygen atoms in total. The van der Waals surface area contributed by atoms with Crippen LogP contribution in [0.15, 0.2) is 0 Å². The summed E-state index contributed by atoms with van der Waals surface area (Å²) in [6.45, 7) is 5.21. The summed E-state index contributed by atoms with van der Waals surface area (Å²) < 4.78 is 1.93. The van der Waals surface area contributed by atoms with E-state index in [1.807, 2.05) is 11.7 Å². The van der Waals surface area contributed by atoms with Crippen LogP contribution >= 0.6 is 0 Å². The van der Waals surface area contributed by atoms with Gasteiger partial charge >= 0.3 is 0 Å². The van der Waals surface area contributed by atoms with Crippen LogP contribution < -0.4 is 5.32 Å². The highest BCUT2D eigenvalue weighted by Gasteiger charge is 2.31. The number of hydrogen-bond donors (Lipinski definition) is 2. The fourth-order valence-corrected chi connectivity index (χ4v) is 2.97. The zero-order valence-corrected chi connectivity index (χ0v) is 11.8. The molecule has 0 atom stereocenters. The van der Waals surface area contributed by atoms with Gasteiger partial charge in [-0.1, -0.05) is 19.3 Å². The Hall–Kier alpha value is -0.870. The molecule has 0 amide bonds. The van der Waals surface area contributed by atoms with E-state index >= 15 is 0 Å². The average Bonchev–Trinajstić information content (AvgIpc) is 2.62. The quantitative estimate of drug-likeness (QED) is 0.858. The number of aliphatic hydroxyl groups is 1. The minimum Gasteiger partial charge on any atom is -0.394 e. The van der Waals surface area contributed by atoms with Gasteiger partial charge in [0.2, 0.25) is 0 Å². The van der Waals surface area contributed by atoms with E-state index in [2.05, 4.69) is 24.3 Å². The molecule has 1 heterocycles. The normalized spacial score (nSPS) is 19.1. The molecule has 4 heteroatoms. The molecule has 1 aromatic heterocycles. The van der Waals surface area contributed by atoms with Crippen LogP contribution in [0.1, 0.15) is 49.1 Å². The van der Waals surface area contributed by atoms with E-state index in [-0.39, 0.29) is 12.1 Å². The third-order valence-electron chi connectivity index (χ3n) is 4.41. The van der Waals surface area contributed by atoms with Crippen molar-refractivity contribution < 1.29 is 5.11 Å². The summed E-state index contributed by atoms with van der Waals surface area (Å²) in [5.74, 6) is 0. The molecule has 0 saturated heterocycles. The SMILES string of the molecule is Cc1nn(C)c(C)c1CNC1(CO)CCCCC1. The van der Waals surface area contributed by atoms with Gasteiger partial charge in [0.25, 0.3) is 0 Å². The van der Waals surface area contributed by atoms with E-state index in [1.165, 1.54) is 30.5 Å². The molecule has 0 unspecified atom stereocenters. The summed E-state index contributed by atoms with van der Waals surface area (Å²) in [6, 6.07) is 0. The zero-order valence-electron chi connectivity index (χ0n) is 11.8. The summed E-state index contributed by atoms with van der Waals surface area (Å²) >= 11 is 0. The van der Waals surface area contributed by atoms with Gasteiger partial charge in [0.1, 0.15) is 0 Å². The summed E-state index contributed by atoms with van der Waals surface area (Å²) in [5.41, 5.74) is 3.51. The first-order valence-corrected chi connectivity index (χ1v) is 6.93. The molecule has 0 aliphatic heterocycles. The number of nitrogens with one attached hydrogen (secondary N) is 1. The number of aromatic nitrogens is 2. The molecule has 1 saturated carbocycles. The lowest BCUT2D eigenvalue weighted by Crippen LogP contribution is -2.49. The van der Waals surface area contributed by atoms with Crippen LogP contribution in [-0.4, -0.2) is 27.0 Å². The summed E-state index contributed by atoms with van der Waals surface area (Å²) in [6.07, 6.45) is 5.91. The van der Waals surface area contributed by atoms with Crippen molar-refractivity contribution in [1.82, 2.24) is 15.1 Å². The van der Waals surface area contributed by atoms with Crippen LogP contribution in [0.3, 0.4) is 0 Å². The number of rotatable bonds is 4. The van der Waals surface area contributed by atoms with Crippen LogP contribution in [0, 0.1) is 13.8 Å². The minimum atomic E-state index is -0.0625. The molecule has 2 rings (SSSR count). The van der Waals surface area contributed by atoms with Crippen molar-refractivity contribution in [2.75, 3.05) is 6.61 Å². The largest absolute Gasteiger partial charge is 0.394 e. The number of aliphatic hydroxyl groups excluding tert-OH is 1. The lowest BCUT2D eigenvalue weighted by Gasteiger charge is -2.36. The second kappa shape index (κ2) is 5.41. The molecule has 1 aromatic rings. The van der Waals surface area contributed by atoms with Gasteiger partial charge in [0, 0.05) is 30.4 Å². The van der Waals surface area contributed by atoms with E-state index in [1.54, 1.807) is 0 Å². The van der Waals surface area contributed by atoms with Crippen LogP contribution in [0.25, 0.3) is 0 Å². The molecule has 0 bridgehead atoms. The Morgan fingerprint density at radius 3 is 2.44 bits per heavy atom. The molecular formula is C14H25N3O. The maximum Gasteiger partial charge on any atom is 0.0641 e. The lowest BCUT2D eigenvalue weighted by atomic mass is 9.82. The van der Waals surface area contributed by atoms with Crippen LogP contribution in [0.4, 0.5) is 0 Å². The van der Waals surface area contributed by atoms with Crippen molar-refractivity contribution >= 4 is 0 Å². The van der Waals surface area contributed by atoms with Crippen molar-refractivity contribution in [2.24, 2.45) is 7.05 Å². The molecule has 0 spiro atoms. The summed E-state index contributed by atoms with van der Waals surface area (Å²) in [5, 5.41) is 17.7. The molecule has 1 aliphatic rings. The highest BCUT2D eigenvalue weighted by molar-refractivity contribution is 5.24. The van der Waals surface area contributed by atoms with Crippen molar-refractivity contribution in [3.05, 3.63) is 17.0 Å². The van der Waals surface area contributed by atoms with Gasteiger partial charge in [-0.2, -0.15) is 5.10 Å². The first-order valence-electron chi connectivity index (χ1n) is 6.93. The molecule has 0 radical (unpaired) electrons. The molecule has 1 aliphatic carbocycles. The second-order valence-electron chi connectivity index (χ2n) is 5.63. The standard InChI is InChI=1S/C14H25N3O/c1-11-13(12(2)17(3)16-11)9-15-14(10-18)7-5-4-6-8-14/h15,18H,4-10H2,1-3H3. The van der Waals surface area contributed by atoms with E-state index in [9.17, 15) is 5.11 Å². The molecule has 0 aromatic carbocycles. The van der Waals surface area contributed by atoms with Gasteiger partial charge in [-0.05, 0) is 26.7 Å². The summed E-state index contributed by atoms with van der Waals surface area (Å²) in [4.78, 5) is 0. The average molecular weight is 251 g/mol. The van der Waals surface area contributed by atoms with Gasteiger partial charge in [0.15, 0.2) is 0 Å². The first-order chi connectivity index (χ1) is 8.58. The van der Waals surface area contributed by atoms with Crippen LogP contribution in [0.5, 0.6) is 0 Å². The molecule has 102 valence electrons. The first kappa shape index (κ1) is 13.6. The Morgan fingerprint density at radius 2 is 1.94 bits per heavy atom. The third kappa shape index (κ3) is 2.59. The molecule has 1 fully saturated rings. The smallest absolute Gasteiger partial charge is 0.0641 e. The Morgan fingerprint density at radius 1 is 1.28 bits per heavy atom. The monoisotopic (exact) mass is 251 g/mol. The lowest BCUT2D eigenvalue weighted by molar-refractivity contribution is 0.119. The van der Waals surface area contributed by atoms with Gasteiger partial charge in [0.05, 0.1) is 12.3 Å². The fraction of sp³-hybridized carbons (Fsp3) is 0.786. The van der Waals surface area contributed by atoms with Crippen LogP contribution in [0.2, 0.25) is 0 Å². The number of hydrogen-bond acceptors (Lipinski definition) is 3. The van der Waals surface area contributed by atoms with E-state index in [0.29, 0.717) is 0 Å². The van der Waals surface area contributed by atoms with E-state index in [0.717, 1.165) is 25.1 Å². The molecular weight excluding hydrogens is 226 g/mol. The van der Waals surface area contributed by atoms with Crippen molar-refractivity contribution in [3.63, 3.8) is 0 Å². The van der Waals surface area contributed by atoms with Crippen LogP contribution in [-0.2, 0) is 13.6 Å². The Balaban J connectivity index is 2.05.